The Morgan fingerprint density at radius 1 is 0.700 bits per heavy atom. The molecule has 0 aromatic heterocycles. The van der Waals surface area contributed by atoms with Crippen molar-refractivity contribution < 1.29 is 17.8 Å². The van der Waals surface area contributed by atoms with Crippen LogP contribution in [0.3, 0.4) is 0 Å². The van der Waals surface area contributed by atoms with Gasteiger partial charge in [0.1, 0.15) is 5.78 Å². The van der Waals surface area contributed by atoms with Crippen LogP contribution in [0.5, 0.6) is 0 Å². The number of ketones is 1. The fourth-order valence-corrected chi connectivity index (χ4v) is 24.8. The number of fused-ring (bicyclic) bond motifs is 2. The number of benzene rings is 4. The number of rotatable bonds is 6. The molecule has 0 heterocycles. The van der Waals surface area contributed by atoms with Crippen molar-refractivity contribution in [3.63, 3.8) is 0 Å². The van der Waals surface area contributed by atoms with E-state index >= 15 is 0 Å². The molecular weight excluding hydrogens is 713 g/mol. The first-order chi connectivity index (χ1) is 19.1. The molecule has 2 atom stereocenters. The fourth-order valence-electron chi connectivity index (χ4n) is 6.92. The van der Waals surface area contributed by atoms with Gasteiger partial charge in [0.2, 0.25) is 0 Å². The molecule has 0 spiro atoms. The second-order valence-electron chi connectivity index (χ2n) is 11.4. The molecular formula is C34H36BiO4S. The van der Waals surface area contributed by atoms with Gasteiger partial charge in [-0.25, -0.2) is 0 Å². The quantitative estimate of drug-likeness (QED) is 0.236. The maximum absolute atomic E-state index is 11.9. The Labute approximate surface area is 242 Å². The number of carbonyl (C=O) groups excluding carboxylic acids is 1. The van der Waals surface area contributed by atoms with E-state index in [-0.39, 0.29) is 17.1 Å². The van der Waals surface area contributed by atoms with Gasteiger partial charge >= 0.3 is 155 Å². The van der Waals surface area contributed by atoms with Crippen molar-refractivity contribution in [2.24, 2.45) is 16.7 Å². The summed E-state index contributed by atoms with van der Waals surface area (Å²) in [5.41, 5.74) is -1.12. The van der Waals surface area contributed by atoms with Crippen molar-refractivity contribution in [3.05, 3.63) is 121 Å². The van der Waals surface area contributed by atoms with Crippen LogP contribution < -0.4 is 13.1 Å². The standard InChI is InChI=1S/C10H16O4S.4C6H5.Bi/c1-9(2)7-3-4-10(9,8(11)5-7)6-15(12,13)14;4*1-2-4-6-5-3-1;/h7H,3-6H2,1-2H3,(H,12,13,14);4*1-5H;. The van der Waals surface area contributed by atoms with E-state index in [1.165, 1.54) is 13.1 Å². The van der Waals surface area contributed by atoms with Crippen LogP contribution in [0.4, 0.5) is 0 Å². The number of hydrogen-bond donors (Lipinski definition) is 1. The molecule has 6 heteroatoms. The van der Waals surface area contributed by atoms with Gasteiger partial charge in [0.05, 0.1) is 11.2 Å². The van der Waals surface area contributed by atoms with Crippen LogP contribution in [0, 0.1) is 16.7 Å². The monoisotopic (exact) mass is 749 g/mol. The normalized spacial score (nSPS) is 21.5. The zero-order chi connectivity index (χ0) is 28.4. The van der Waals surface area contributed by atoms with Crippen molar-refractivity contribution >= 4 is 49.3 Å². The first-order valence-corrected chi connectivity index (χ1v) is 22.3. The molecule has 2 unspecified atom stereocenters. The van der Waals surface area contributed by atoms with Crippen molar-refractivity contribution in [1.82, 2.24) is 0 Å². The van der Waals surface area contributed by atoms with E-state index in [9.17, 15) is 13.2 Å². The van der Waals surface area contributed by atoms with Crippen molar-refractivity contribution in [2.75, 3.05) is 5.75 Å². The van der Waals surface area contributed by atoms with Gasteiger partial charge in [0.25, 0.3) is 10.1 Å². The minimum atomic E-state index is -4.08. The summed E-state index contributed by atoms with van der Waals surface area (Å²) in [4.78, 5) is 11.9. The third-order valence-corrected chi connectivity index (χ3v) is 26.7. The van der Waals surface area contributed by atoms with Gasteiger partial charge < -0.3 is 0 Å². The summed E-state index contributed by atoms with van der Waals surface area (Å²) in [7, 11) is -4.08. The zero-order valence-corrected chi connectivity index (χ0v) is 27.3. The average Bonchev–Trinajstić information content (AvgIpc) is 3.30. The van der Waals surface area contributed by atoms with E-state index in [0.29, 0.717) is 12.8 Å². The van der Waals surface area contributed by atoms with Gasteiger partial charge in [-0.1, -0.05) is 13.8 Å². The Morgan fingerprint density at radius 3 is 1.30 bits per heavy atom. The van der Waals surface area contributed by atoms with Gasteiger partial charge in [-0.15, -0.1) is 0 Å². The molecule has 4 aromatic rings. The van der Waals surface area contributed by atoms with Crippen LogP contribution in [0.15, 0.2) is 121 Å². The molecule has 1 N–H and O–H groups in total. The number of carbonyl (C=O) groups is 1. The van der Waals surface area contributed by atoms with Crippen LogP contribution in [0.1, 0.15) is 33.1 Å². The molecule has 2 aliphatic rings. The van der Waals surface area contributed by atoms with Gasteiger partial charge in [0, 0.05) is 6.42 Å². The second-order valence-corrected chi connectivity index (χ2v) is 26.1. The van der Waals surface area contributed by atoms with Crippen LogP contribution in [0.25, 0.3) is 0 Å². The van der Waals surface area contributed by atoms with E-state index in [4.69, 9.17) is 4.55 Å². The Bertz CT molecular complexity index is 1390. The first kappa shape index (κ1) is 28.9. The van der Waals surface area contributed by atoms with Crippen LogP contribution in [0.2, 0.25) is 0 Å². The third-order valence-electron chi connectivity index (χ3n) is 9.14. The Morgan fingerprint density at radius 2 is 1.05 bits per heavy atom. The Balaban J connectivity index is 0.000000184. The number of hydrogen-bond acceptors (Lipinski definition) is 3. The van der Waals surface area contributed by atoms with Gasteiger partial charge in [0.15, 0.2) is 0 Å². The molecule has 207 valence electrons. The average molecular weight is 750 g/mol. The van der Waals surface area contributed by atoms with E-state index in [1.54, 1.807) is 0 Å². The summed E-state index contributed by atoms with van der Waals surface area (Å²) in [6.45, 7) is 3.89. The van der Waals surface area contributed by atoms with Crippen molar-refractivity contribution in [1.29, 1.82) is 0 Å². The molecule has 2 bridgehead atoms. The fraction of sp³-hybridized carbons (Fsp3) is 0.265. The molecule has 1 radical (unpaired) electrons. The molecule has 40 heavy (non-hydrogen) atoms. The third kappa shape index (κ3) is 5.11. The number of Topliss-reactive ketones (excluding diaryl/α,β-unsaturated/α-hetero) is 1. The predicted octanol–water partition coefficient (Wildman–Crippen LogP) is 4.33. The van der Waals surface area contributed by atoms with E-state index in [0.717, 1.165) is 6.42 Å². The van der Waals surface area contributed by atoms with Crippen LogP contribution in [-0.4, -0.2) is 44.8 Å². The van der Waals surface area contributed by atoms with Gasteiger partial charge in [-0.3, -0.25) is 9.35 Å². The SMILES string of the molecule is CC1(C)C2CCC1(CS(=O)(=O)O)C(=O)C2.c1cc[c]([Bi]([c]2ccccc2)([c]2ccccc2)[c]2ccccc2)cc1. The first-order valence-electron chi connectivity index (χ1n) is 13.7. The molecule has 4 nitrogen and oxygen atoms in total. The summed E-state index contributed by atoms with van der Waals surface area (Å²) in [5.74, 6) is -0.101. The zero-order valence-electron chi connectivity index (χ0n) is 23.0. The predicted molar refractivity (Wildman–Crippen MR) is 165 cm³/mol. The molecule has 0 aliphatic heterocycles. The van der Waals surface area contributed by atoms with Crippen molar-refractivity contribution in [3.8, 4) is 0 Å². The van der Waals surface area contributed by atoms with Crippen LogP contribution in [-0.2, 0) is 14.9 Å². The molecule has 0 saturated heterocycles. The summed E-state index contributed by atoms with van der Waals surface area (Å²) in [5, 5.41) is 0. The minimum absolute atomic E-state index is 0.0152. The van der Waals surface area contributed by atoms with Crippen LogP contribution >= 0.6 is 0 Å². The Hall–Kier alpha value is -2.66. The van der Waals surface area contributed by atoms with Gasteiger partial charge in [-0.05, 0) is 24.2 Å². The molecule has 2 aliphatic carbocycles. The van der Waals surface area contributed by atoms with Crippen molar-refractivity contribution in [2.45, 2.75) is 33.1 Å². The Kier molecular flexibility index (Phi) is 8.16. The molecule has 0 amide bonds. The molecule has 2 fully saturated rings. The second kappa shape index (κ2) is 11.3. The van der Waals surface area contributed by atoms with E-state index < -0.39 is 41.6 Å². The summed E-state index contributed by atoms with van der Waals surface area (Å²) in [6, 6.07) is 44.5. The van der Waals surface area contributed by atoms with E-state index in [2.05, 4.69) is 121 Å². The molecule has 6 rings (SSSR count). The summed E-state index contributed by atoms with van der Waals surface area (Å²) >= 11 is -3.38. The topological polar surface area (TPSA) is 71.4 Å². The van der Waals surface area contributed by atoms with E-state index in [1.807, 2.05) is 13.8 Å². The summed E-state index contributed by atoms with van der Waals surface area (Å²) in [6.07, 6.45) is 1.97. The maximum atomic E-state index is 11.9. The summed E-state index contributed by atoms with van der Waals surface area (Å²) < 4.78 is 36.9. The van der Waals surface area contributed by atoms with Gasteiger partial charge in [-0.2, -0.15) is 8.42 Å². The molecule has 2 saturated carbocycles. The molecule has 4 aromatic carbocycles.